The third-order valence-corrected chi connectivity index (χ3v) is 6.75. The summed E-state index contributed by atoms with van der Waals surface area (Å²) in [6, 6.07) is 14.3. The summed E-state index contributed by atoms with van der Waals surface area (Å²) in [5, 5.41) is 2.66. The first-order valence-corrected chi connectivity index (χ1v) is 11.6. The van der Waals surface area contributed by atoms with E-state index in [0.29, 0.717) is 22.7 Å². The number of hydrogen-bond acceptors (Lipinski definition) is 6. The molecule has 0 atom stereocenters. The van der Waals surface area contributed by atoms with Crippen LogP contribution in [0.1, 0.15) is 5.56 Å². The van der Waals surface area contributed by atoms with Gasteiger partial charge in [-0.25, -0.2) is 12.8 Å². The van der Waals surface area contributed by atoms with E-state index in [-0.39, 0.29) is 16.3 Å². The van der Waals surface area contributed by atoms with E-state index < -0.39 is 28.3 Å². The van der Waals surface area contributed by atoms with Gasteiger partial charge < -0.3 is 19.5 Å². The van der Waals surface area contributed by atoms with Gasteiger partial charge in [-0.05, 0) is 61.0 Å². The molecule has 0 aromatic heterocycles. The SMILES string of the molecule is COc1ccc(NC(=O)CN(c2ccc(F)cc2)S(=O)(=O)c2cc(C)ccc2OC)cc1OC. The number of methoxy groups -OCH3 is 3. The number of carbonyl (C=O) groups excluding carboxylic acids is 1. The van der Waals surface area contributed by atoms with Crippen LogP contribution in [-0.2, 0) is 14.8 Å². The molecule has 0 heterocycles. The van der Waals surface area contributed by atoms with Crippen molar-refractivity contribution >= 4 is 27.3 Å². The van der Waals surface area contributed by atoms with Gasteiger partial charge in [0.2, 0.25) is 5.91 Å². The van der Waals surface area contributed by atoms with E-state index in [1.54, 1.807) is 31.2 Å². The molecular formula is C24H25FN2O6S. The Kier molecular flexibility index (Phi) is 7.62. The number of aryl methyl sites for hydroxylation is 1. The van der Waals surface area contributed by atoms with E-state index in [1.165, 1.54) is 45.6 Å². The first kappa shape index (κ1) is 24.8. The number of nitrogens with one attached hydrogen (secondary N) is 1. The van der Waals surface area contributed by atoms with Gasteiger partial charge in [-0.2, -0.15) is 0 Å². The maximum absolute atomic E-state index is 13.7. The Bertz CT molecular complexity index is 1280. The Balaban J connectivity index is 1.98. The monoisotopic (exact) mass is 488 g/mol. The molecule has 0 spiro atoms. The third-order valence-electron chi connectivity index (χ3n) is 4.96. The molecule has 3 aromatic carbocycles. The highest BCUT2D eigenvalue weighted by atomic mass is 32.2. The van der Waals surface area contributed by atoms with Crippen molar-refractivity contribution in [3.8, 4) is 17.2 Å². The zero-order valence-corrected chi connectivity index (χ0v) is 20.0. The van der Waals surface area contributed by atoms with Crippen molar-refractivity contribution in [1.29, 1.82) is 0 Å². The van der Waals surface area contributed by atoms with Gasteiger partial charge >= 0.3 is 0 Å². The van der Waals surface area contributed by atoms with E-state index in [0.717, 1.165) is 16.4 Å². The summed E-state index contributed by atoms with van der Waals surface area (Å²) >= 11 is 0. The van der Waals surface area contributed by atoms with E-state index in [1.807, 2.05) is 0 Å². The maximum Gasteiger partial charge on any atom is 0.268 e. The molecule has 0 radical (unpaired) electrons. The van der Waals surface area contributed by atoms with Gasteiger partial charge in [0.1, 0.15) is 23.0 Å². The molecule has 34 heavy (non-hydrogen) atoms. The normalized spacial score (nSPS) is 11.0. The molecule has 180 valence electrons. The number of anilines is 2. The van der Waals surface area contributed by atoms with E-state index in [2.05, 4.69) is 5.32 Å². The van der Waals surface area contributed by atoms with Gasteiger partial charge in [-0.1, -0.05) is 6.07 Å². The van der Waals surface area contributed by atoms with Crippen LogP contribution in [0.4, 0.5) is 15.8 Å². The molecule has 0 saturated heterocycles. The first-order valence-electron chi connectivity index (χ1n) is 10.1. The predicted octanol–water partition coefficient (Wildman–Crippen LogP) is 3.99. The highest BCUT2D eigenvalue weighted by Crippen LogP contribution is 2.32. The van der Waals surface area contributed by atoms with Gasteiger partial charge in [0.05, 0.1) is 27.0 Å². The highest BCUT2D eigenvalue weighted by Gasteiger charge is 2.30. The van der Waals surface area contributed by atoms with Crippen LogP contribution in [0.2, 0.25) is 0 Å². The minimum atomic E-state index is -4.26. The number of amides is 1. The van der Waals surface area contributed by atoms with Crippen molar-refractivity contribution in [3.05, 3.63) is 72.0 Å². The van der Waals surface area contributed by atoms with Crippen LogP contribution in [-0.4, -0.2) is 42.2 Å². The average Bonchev–Trinajstić information content (AvgIpc) is 2.83. The summed E-state index contributed by atoms with van der Waals surface area (Å²) in [5.41, 5.74) is 1.19. The van der Waals surface area contributed by atoms with Gasteiger partial charge in [-0.3, -0.25) is 9.10 Å². The second-order valence-corrected chi connectivity index (χ2v) is 9.09. The molecule has 1 amide bonds. The Morgan fingerprint density at radius 1 is 0.882 bits per heavy atom. The fraction of sp³-hybridized carbons (Fsp3) is 0.208. The van der Waals surface area contributed by atoms with E-state index >= 15 is 0 Å². The van der Waals surface area contributed by atoms with Crippen LogP contribution in [0.25, 0.3) is 0 Å². The number of nitrogens with zero attached hydrogens (tertiary/aromatic N) is 1. The van der Waals surface area contributed by atoms with Crippen LogP contribution in [0.15, 0.2) is 65.6 Å². The minimum absolute atomic E-state index is 0.113. The first-order chi connectivity index (χ1) is 16.2. The number of rotatable bonds is 9. The molecule has 10 heteroatoms. The Hall–Kier alpha value is -3.79. The van der Waals surface area contributed by atoms with Crippen LogP contribution < -0.4 is 23.8 Å². The molecule has 0 bridgehead atoms. The van der Waals surface area contributed by atoms with E-state index in [4.69, 9.17) is 14.2 Å². The van der Waals surface area contributed by atoms with Crippen molar-refractivity contribution in [2.45, 2.75) is 11.8 Å². The Morgan fingerprint density at radius 3 is 2.12 bits per heavy atom. The second-order valence-electron chi connectivity index (χ2n) is 7.26. The molecule has 3 aromatic rings. The molecule has 3 rings (SSSR count). The summed E-state index contributed by atoms with van der Waals surface area (Å²) in [4.78, 5) is 12.8. The molecule has 0 fully saturated rings. The number of carbonyl (C=O) groups is 1. The lowest BCUT2D eigenvalue weighted by Crippen LogP contribution is -2.38. The van der Waals surface area contributed by atoms with Crippen molar-refractivity contribution < 1.29 is 31.8 Å². The Morgan fingerprint density at radius 2 is 1.50 bits per heavy atom. The fourth-order valence-electron chi connectivity index (χ4n) is 3.27. The summed E-state index contributed by atoms with van der Waals surface area (Å²) in [6.45, 7) is 1.17. The number of sulfonamides is 1. The molecular weight excluding hydrogens is 463 g/mol. The van der Waals surface area contributed by atoms with Gasteiger partial charge in [0.25, 0.3) is 10.0 Å². The molecule has 8 nitrogen and oxygen atoms in total. The highest BCUT2D eigenvalue weighted by molar-refractivity contribution is 7.93. The number of halogens is 1. The molecule has 0 aliphatic carbocycles. The lowest BCUT2D eigenvalue weighted by atomic mass is 10.2. The van der Waals surface area contributed by atoms with E-state index in [9.17, 15) is 17.6 Å². The zero-order chi connectivity index (χ0) is 24.9. The van der Waals surface area contributed by atoms with Crippen LogP contribution in [0.3, 0.4) is 0 Å². The summed E-state index contributed by atoms with van der Waals surface area (Å²) < 4.78 is 57.4. The van der Waals surface area contributed by atoms with Gasteiger partial charge in [0.15, 0.2) is 11.5 Å². The zero-order valence-electron chi connectivity index (χ0n) is 19.2. The van der Waals surface area contributed by atoms with Crippen LogP contribution in [0, 0.1) is 12.7 Å². The summed E-state index contributed by atoms with van der Waals surface area (Å²) in [7, 11) is 0.0412. The molecule has 0 aliphatic rings. The molecule has 0 aliphatic heterocycles. The number of benzene rings is 3. The van der Waals surface area contributed by atoms with Crippen molar-refractivity contribution in [2.24, 2.45) is 0 Å². The van der Waals surface area contributed by atoms with Gasteiger partial charge in [0, 0.05) is 11.8 Å². The second kappa shape index (κ2) is 10.4. The summed E-state index contributed by atoms with van der Waals surface area (Å²) in [6.07, 6.45) is 0. The van der Waals surface area contributed by atoms with Crippen molar-refractivity contribution in [3.63, 3.8) is 0 Å². The summed E-state index contributed by atoms with van der Waals surface area (Å²) in [5.74, 6) is -0.163. The fourth-order valence-corrected chi connectivity index (χ4v) is 4.94. The van der Waals surface area contributed by atoms with Crippen LogP contribution >= 0.6 is 0 Å². The predicted molar refractivity (Wildman–Crippen MR) is 127 cm³/mol. The average molecular weight is 489 g/mol. The maximum atomic E-state index is 13.7. The third kappa shape index (κ3) is 5.40. The smallest absolute Gasteiger partial charge is 0.268 e. The van der Waals surface area contributed by atoms with Crippen LogP contribution in [0.5, 0.6) is 17.2 Å². The Labute approximate surface area is 197 Å². The minimum Gasteiger partial charge on any atom is -0.495 e. The lowest BCUT2D eigenvalue weighted by Gasteiger charge is -2.25. The quantitative estimate of drug-likeness (QED) is 0.490. The molecule has 0 unspecified atom stereocenters. The van der Waals surface area contributed by atoms with Gasteiger partial charge in [-0.15, -0.1) is 0 Å². The lowest BCUT2D eigenvalue weighted by molar-refractivity contribution is -0.114. The molecule has 1 N–H and O–H groups in total. The van der Waals surface area contributed by atoms with Crippen molar-refractivity contribution in [2.75, 3.05) is 37.5 Å². The largest absolute Gasteiger partial charge is 0.495 e. The topological polar surface area (TPSA) is 94.2 Å². The number of ether oxygens (including phenoxy) is 3. The molecule has 0 saturated carbocycles. The number of hydrogen-bond donors (Lipinski definition) is 1. The van der Waals surface area contributed by atoms with Crippen molar-refractivity contribution in [1.82, 2.24) is 0 Å². The standard InChI is InChI=1S/C24H25FN2O6S/c1-16-5-11-21(32-3)23(13-16)34(29,30)27(19-9-6-17(25)7-10-19)15-24(28)26-18-8-12-20(31-2)22(14-18)33-4/h5-14H,15H2,1-4H3,(H,26,28).